The second-order valence-corrected chi connectivity index (χ2v) is 5.26. The molecule has 0 saturated heterocycles. The third kappa shape index (κ3) is 5.22. The lowest BCUT2D eigenvalue weighted by atomic mass is 10.0. The zero-order valence-electron chi connectivity index (χ0n) is 10.7. The average Bonchev–Trinajstić information content (AvgIpc) is 2.23. The maximum atomic E-state index is 11.6. The first kappa shape index (κ1) is 14.0. The van der Waals surface area contributed by atoms with Crippen molar-refractivity contribution in [3.63, 3.8) is 0 Å². The van der Waals surface area contributed by atoms with Gasteiger partial charge in [0.25, 0.3) is 0 Å². The predicted molar refractivity (Wildman–Crippen MR) is 72.6 cm³/mol. The SMILES string of the molecule is Cc1ccc(CC(=O)NCCC(C)Cl)cc1C. The molecule has 1 amide bonds. The lowest BCUT2D eigenvalue weighted by Crippen LogP contribution is -2.27. The minimum absolute atomic E-state index is 0.0607. The number of carbonyl (C=O) groups excluding carboxylic acids is 1. The molecule has 0 heterocycles. The minimum atomic E-state index is 0.0607. The van der Waals surface area contributed by atoms with E-state index in [4.69, 9.17) is 11.6 Å². The van der Waals surface area contributed by atoms with Crippen LogP contribution in [0.2, 0.25) is 0 Å². The predicted octanol–water partition coefficient (Wildman–Crippen LogP) is 2.98. The number of rotatable bonds is 5. The highest BCUT2D eigenvalue weighted by molar-refractivity contribution is 6.20. The standard InChI is InChI=1S/C14H20ClNO/c1-10-4-5-13(8-11(10)2)9-14(17)16-7-6-12(3)15/h4-5,8,12H,6-7,9H2,1-3H3,(H,16,17). The second kappa shape index (κ2) is 6.65. The number of aryl methyl sites for hydroxylation is 2. The van der Waals surface area contributed by atoms with Crippen molar-refractivity contribution >= 4 is 17.5 Å². The van der Waals surface area contributed by atoms with Gasteiger partial charge in [-0.15, -0.1) is 11.6 Å². The molecule has 0 aliphatic carbocycles. The normalized spacial score (nSPS) is 12.2. The summed E-state index contributed by atoms with van der Waals surface area (Å²) in [5, 5.41) is 2.98. The van der Waals surface area contributed by atoms with Crippen LogP contribution in [0.25, 0.3) is 0 Å². The topological polar surface area (TPSA) is 29.1 Å². The zero-order valence-corrected chi connectivity index (χ0v) is 11.5. The van der Waals surface area contributed by atoms with Crippen LogP contribution in [0.3, 0.4) is 0 Å². The van der Waals surface area contributed by atoms with Gasteiger partial charge in [-0.1, -0.05) is 18.2 Å². The van der Waals surface area contributed by atoms with Crippen molar-refractivity contribution in [2.24, 2.45) is 0 Å². The molecule has 0 fully saturated rings. The summed E-state index contributed by atoms with van der Waals surface area (Å²) in [6, 6.07) is 6.13. The highest BCUT2D eigenvalue weighted by atomic mass is 35.5. The Morgan fingerprint density at radius 1 is 1.35 bits per heavy atom. The highest BCUT2D eigenvalue weighted by Gasteiger charge is 2.04. The van der Waals surface area contributed by atoms with Crippen molar-refractivity contribution in [1.82, 2.24) is 5.32 Å². The maximum Gasteiger partial charge on any atom is 0.224 e. The van der Waals surface area contributed by atoms with Gasteiger partial charge >= 0.3 is 0 Å². The molecule has 17 heavy (non-hydrogen) atoms. The van der Waals surface area contributed by atoms with E-state index in [9.17, 15) is 4.79 Å². The Kier molecular flexibility index (Phi) is 5.49. The zero-order chi connectivity index (χ0) is 12.8. The van der Waals surface area contributed by atoms with Crippen LogP contribution < -0.4 is 5.32 Å². The summed E-state index contributed by atoms with van der Waals surface area (Å²) in [6.45, 7) is 6.71. The summed E-state index contributed by atoms with van der Waals surface area (Å²) in [6.07, 6.45) is 1.25. The Morgan fingerprint density at radius 3 is 2.65 bits per heavy atom. The maximum absolute atomic E-state index is 11.6. The molecule has 1 rings (SSSR count). The summed E-state index contributed by atoms with van der Waals surface area (Å²) >= 11 is 5.81. The molecule has 1 unspecified atom stereocenters. The van der Waals surface area contributed by atoms with Gasteiger partial charge in [0.05, 0.1) is 6.42 Å². The van der Waals surface area contributed by atoms with Gasteiger partial charge in [-0.2, -0.15) is 0 Å². The van der Waals surface area contributed by atoms with Crippen molar-refractivity contribution < 1.29 is 4.79 Å². The Labute approximate surface area is 108 Å². The first-order valence-electron chi connectivity index (χ1n) is 5.96. The molecule has 3 heteroatoms. The minimum Gasteiger partial charge on any atom is -0.356 e. The van der Waals surface area contributed by atoms with E-state index < -0.39 is 0 Å². The van der Waals surface area contributed by atoms with Gasteiger partial charge in [-0.05, 0) is 43.9 Å². The van der Waals surface area contributed by atoms with Gasteiger partial charge in [-0.3, -0.25) is 4.79 Å². The van der Waals surface area contributed by atoms with Crippen molar-refractivity contribution in [2.75, 3.05) is 6.54 Å². The Bertz CT molecular complexity index is 388. The quantitative estimate of drug-likeness (QED) is 0.804. The lowest BCUT2D eigenvalue weighted by Gasteiger charge is -2.07. The van der Waals surface area contributed by atoms with Gasteiger partial charge in [0.1, 0.15) is 0 Å². The second-order valence-electron chi connectivity index (χ2n) is 4.51. The van der Waals surface area contributed by atoms with E-state index in [2.05, 4.69) is 31.3 Å². The number of benzene rings is 1. The van der Waals surface area contributed by atoms with Crippen LogP contribution in [0.15, 0.2) is 18.2 Å². The molecular formula is C14H20ClNO. The van der Waals surface area contributed by atoms with Crippen molar-refractivity contribution in [2.45, 2.75) is 39.0 Å². The summed E-state index contributed by atoms with van der Waals surface area (Å²) < 4.78 is 0. The molecular weight excluding hydrogens is 234 g/mol. The van der Waals surface area contributed by atoms with Crippen LogP contribution >= 0.6 is 11.6 Å². The summed E-state index contributed by atoms with van der Waals surface area (Å²) in [7, 11) is 0. The van der Waals surface area contributed by atoms with Gasteiger partial charge in [0, 0.05) is 11.9 Å². The summed E-state index contributed by atoms with van der Waals surface area (Å²) in [5.41, 5.74) is 3.54. The summed E-state index contributed by atoms with van der Waals surface area (Å²) in [5.74, 6) is 0.0607. The van der Waals surface area contributed by atoms with Gasteiger partial charge in [0.2, 0.25) is 5.91 Å². The fourth-order valence-corrected chi connectivity index (χ4v) is 1.68. The van der Waals surface area contributed by atoms with Crippen molar-refractivity contribution in [1.29, 1.82) is 0 Å². The smallest absolute Gasteiger partial charge is 0.224 e. The van der Waals surface area contributed by atoms with E-state index in [0.29, 0.717) is 13.0 Å². The van der Waals surface area contributed by atoms with E-state index in [0.717, 1.165) is 12.0 Å². The molecule has 1 aromatic carbocycles. The van der Waals surface area contributed by atoms with E-state index in [1.165, 1.54) is 11.1 Å². The molecule has 0 radical (unpaired) electrons. The molecule has 1 aromatic rings. The van der Waals surface area contributed by atoms with Gasteiger partial charge in [0.15, 0.2) is 0 Å². The van der Waals surface area contributed by atoms with Gasteiger partial charge in [-0.25, -0.2) is 0 Å². The van der Waals surface area contributed by atoms with Crippen LogP contribution in [0, 0.1) is 13.8 Å². The van der Waals surface area contributed by atoms with E-state index in [1.54, 1.807) is 0 Å². The average molecular weight is 254 g/mol. The monoisotopic (exact) mass is 253 g/mol. The first-order chi connectivity index (χ1) is 7.99. The van der Waals surface area contributed by atoms with E-state index in [1.807, 2.05) is 13.0 Å². The third-order valence-electron chi connectivity index (χ3n) is 2.80. The number of halogens is 1. The van der Waals surface area contributed by atoms with E-state index in [-0.39, 0.29) is 11.3 Å². The van der Waals surface area contributed by atoms with Gasteiger partial charge < -0.3 is 5.32 Å². The first-order valence-corrected chi connectivity index (χ1v) is 6.39. The molecule has 0 aromatic heterocycles. The third-order valence-corrected chi connectivity index (χ3v) is 3.02. The molecule has 0 aliphatic heterocycles. The Hall–Kier alpha value is -1.02. The number of alkyl halides is 1. The van der Waals surface area contributed by atoms with Crippen LogP contribution in [0.1, 0.15) is 30.0 Å². The van der Waals surface area contributed by atoms with Crippen LogP contribution in [0.4, 0.5) is 0 Å². The molecule has 0 aliphatic rings. The number of amides is 1. The Morgan fingerprint density at radius 2 is 2.06 bits per heavy atom. The molecule has 1 atom stereocenters. The fraction of sp³-hybridized carbons (Fsp3) is 0.500. The molecule has 94 valence electrons. The highest BCUT2D eigenvalue weighted by Crippen LogP contribution is 2.10. The molecule has 1 N–H and O–H groups in total. The van der Waals surface area contributed by atoms with Crippen LogP contribution in [-0.2, 0) is 11.2 Å². The summed E-state index contributed by atoms with van der Waals surface area (Å²) in [4.78, 5) is 11.6. The molecule has 0 saturated carbocycles. The van der Waals surface area contributed by atoms with Crippen LogP contribution in [0.5, 0.6) is 0 Å². The number of hydrogen-bond acceptors (Lipinski definition) is 1. The fourth-order valence-electron chi connectivity index (χ4n) is 1.57. The lowest BCUT2D eigenvalue weighted by molar-refractivity contribution is -0.120. The largest absolute Gasteiger partial charge is 0.356 e. The van der Waals surface area contributed by atoms with E-state index >= 15 is 0 Å². The molecule has 0 bridgehead atoms. The van der Waals surface area contributed by atoms with Crippen molar-refractivity contribution in [3.05, 3.63) is 34.9 Å². The Balaban J connectivity index is 2.42. The number of hydrogen-bond donors (Lipinski definition) is 1. The number of nitrogens with one attached hydrogen (secondary N) is 1. The number of carbonyl (C=O) groups is 1. The van der Waals surface area contributed by atoms with Crippen LogP contribution in [-0.4, -0.2) is 17.8 Å². The van der Waals surface area contributed by atoms with Crippen molar-refractivity contribution in [3.8, 4) is 0 Å². The molecule has 0 spiro atoms. The molecule has 2 nitrogen and oxygen atoms in total.